The fraction of sp³-hybridized carbons (Fsp3) is 0.385. The van der Waals surface area contributed by atoms with Crippen molar-refractivity contribution in [3.63, 3.8) is 0 Å². The third kappa shape index (κ3) is 2.44. The quantitative estimate of drug-likeness (QED) is 0.831. The van der Waals surface area contributed by atoms with E-state index < -0.39 is 5.41 Å². The van der Waals surface area contributed by atoms with Crippen LogP contribution in [0.5, 0.6) is 5.75 Å². The number of hydrogen-bond acceptors (Lipinski definition) is 4. The molecular formula is C13H14N2O3. The number of carbonyl (C=O) groups is 1. The standard InChI is InChI=1S/C13H14N2O3/c14-9-13(4-6-18-7-5-13)12(17)15-10-2-1-3-11(16)8-10/h1-3,8,16H,4-7H2,(H,15,17). The minimum atomic E-state index is -1.02. The number of nitrogens with one attached hydrogen (secondary N) is 1. The number of aromatic hydroxyl groups is 1. The number of hydrogen-bond donors (Lipinski definition) is 2. The van der Waals surface area contributed by atoms with E-state index in [0.29, 0.717) is 31.7 Å². The summed E-state index contributed by atoms with van der Waals surface area (Å²) in [5.74, 6) is -0.260. The van der Waals surface area contributed by atoms with Gasteiger partial charge in [-0.3, -0.25) is 4.79 Å². The third-order valence-electron chi connectivity index (χ3n) is 3.10. The molecule has 18 heavy (non-hydrogen) atoms. The van der Waals surface area contributed by atoms with Gasteiger partial charge in [-0.1, -0.05) is 6.07 Å². The molecule has 2 rings (SSSR count). The fourth-order valence-corrected chi connectivity index (χ4v) is 1.94. The van der Waals surface area contributed by atoms with Crippen LogP contribution < -0.4 is 5.32 Å². The third-order valence-corrected chi connectivity index (χ3v) is 3.10. The molecule has 1 aromatic rings. The van der Waals surface area contributed by atoms with E-state index in [-0.39, 0.29) is 11.7 Å². The molecule has 0 atom stereocenters. The summed E-state index contributed by atoms with van der Waals surface area (Å²) in [5, 5.41) is 21.2. The molecule has 1 heterocycles. The van der Waals surface area contributed by atoms with Crippen molar-refractivity contribution in [1.29, 1.82) is 5.26 Å². The first-order chi connectivity index (χ1) is 8.66. The summed E-state index contributed by atoms with van der Waals surface area (Å²) in [6, 6.07) is 8.36. The van der Waals surface area contributed by atoms with Crippen molar-refractivity contribution in [2.24, 2.45) is 5.41 Å². The maximum atomic E-state index is 12.2. The van der Waals surface area contributed by atoms with Crippen LogP contribution in [-0.2, 0) is 9.53 Å². The Morgan fingerprint density at radius 1 is 1.44 bits per heavy atom. The molecule has 1 saturated heterocycles. The lowest BCUT2D eigenvalue weighted by atomic mass is 9.81. The average molecular weight is 246 g/mol. The van der Waals surface area contributed by atoms with Crippen LogP contribution in [0.15, 0.2) is 24.3 Å². The highest BCUT2D eigenvalue weighted by molar-refractivity contribution is 5.97. The summed E-state index contributed by atoms with van der Waals surface area (Å²) in [6.07, 6.45) is 0.794. The second-order valence-corrected chi connectivity index (χ2v) is 4.31. The summed E-state index contributed by atoms with van der Waals surface area (Å²) < 4.78 is 5.17. The molecule has 94 valence electrons. The number of amides is 1. The van der Waals surface area contributed by atoms with E-state index in [4.69, 9.17) is 4.74 Å². The largest absolute Gasteiger partial charge is 0.508 e. The Hall–Kier alpha value is -2.06. The maximum Gasteiger partial charge on any atom is 0.245 e. The van der Waals surface area contributed by atoms with E-state index in [2.05, 4.69) is 11.4 Å². The van der Waals surface area contributed by atoms with Crippen molar-refractivity contribution >= 4 is 11.6 Å². The van der Waals surface area contributed by atoms with Crippen LogP contribution in [0.4, 0.5) is 5.69 Å². The summed E-state index contributed by atoms with van der Waals surface area (Å²) in [4.78, 5) is 12.2. The number of nitrogens with zero attached hydrogens (tertiary/aromatic N) is 1. The monoisotopic (exact) mass is 246 g/mol. The molecule has 0 saturated carbocycles. The van der Waals surface area contributed by atoms with Gasteiger partial charge in [0.25, 0.3) is 0 Å². The predicted molar refractivity (Wildman–Crippen MR) is 64.8 cm³/mol. The number of carbonyl (C=O) groups excluding carboxylic acids is 1. The van der Waals surface area contributed by atoms with Gasteiger partial charge in [-0.25, -0.2) is 0 Å². The number of benzene rings is 1. The van der Waals surface area contributed by atoms with E-state index in [1.807, 2.05) is 0 Å². The van der Waals surface area contributed by atoms with Crippen molar-refractivity contribution in [1.82, 2.24) is 0 Å². The molecule has 1 aliphatic rings. The Bertz CT molecular complexity index is 487. The predicted octanol–water partition coefficient (Wildman–Crippen LogP) is 1.65. The van der Waals surface area contributed by atoms with Crippen LogP contribution in [0, 0.1) is 16.7 Å². The van der Waals surface area contributed by atoms with Gasteiger partial charge in [0.2, 0.25) is 5.91 Å². The van der Waals surface area contributed by atoms with Crippen LogP contribution in [0.1, 0.15) is 12.8 Å². The molecule has 1 aliphatic heterocycles. The van der Waals surface area contributed by atoms with Gasteiger partial charge >= 0.3 is 0 Å². The van der Waals surface area contributed by atoms with E-state index in [0.717, 1.165) is 0 Å². The smallest absolute Gasteiger partial charge is 0.245 e. The molecule has 5 heteroatoms. The van der Waals surface area contributed by atoms with Crippen molar-refractivity contribution in [2.45, 2.75) is 12.8 Å². The van der Waals surface area contributed by atoms with Gasteiger partial charge in [0.1, 0.15) is 11.2 Å². The Morgan fingerprint density at radius 3 is 2.78 bits per heavy atom. The fourth-order valence-electron chi connectivity index (χ4n) is 1.94. The van der Waals surface area contributed by atoms with Gasteiger partial charge in [-0.15, -0.1) is 0 Å². The van der Waals surface area contributed by atoms with E-state index in [1.165, 1.54) is 12.1 Å². The molecule has 0 aliphatic carbocycles. The SMILES string of the molecule is N#CC1(C(=O)Nc2cccc(O)c2)CCOCC1. The normalized spacial score (nSPS) is 17.7. The van der Waals surface area contributed by atoms with E-state index in [1.54, 1.807) is 12.1 Å². The highest BCUT2D eigenvalue weighted by Gasteiger charge is 2.40. The molecule has 2 N–H and O–H groups in total. The van der Waals surface area contributed by atoms with Gasteiger partial charge < -0.3 is 15.2 Å². The lowest BCUT2D eigenvalue weighted by molar-refractivity contribution is -0.126. The Labute approximate surface area is 105 Å². The van der Waals surface area contributed by atoms with Crippen LogP contribution in [0.3, 0.4) is 0 Å². The van der Waals surface area contributed by atoms with E-state index in [9.17, 15) is 15.2 Å². The first kappa shape index (κ1) is 12.4. The lowest BCUT2D eigenvalue weighted by Crippen LogP contribution is -2.39. The summed E-state index contributed by atoms with van der Waals surface area (Å²) in [7, 11) is 0. The number of phenolic OH excluding ortho intramolecular Hbond substituents is 1. The lowest BCUT2D eigenvalue weighted by Gasteiger charge is -2.29. The zero-order valence-corrected chi connectivity index (χ0v) is 9.85. The van der Waals surface area contributed by atoms with Gasteiger partial charge in [-0.2, -0.15) is 5.26 Å². The second kappa shape index (κ2) is 5.07. The number of rotatable bonds is 2. The molecule has 0 spiro atoms. The van der Waals surface area contributed by atoms with Gasteiger partial charge in [0.15, 0.2) is 0 Å². The van der Waals surface area contributed by atoms with Crippen LogP contribution >= 0.6 is 0 Å². The summed E-state index contributed by atoms with van der Waals surface area (Å²) in [5.41, 5.74) is -0.537. The van der Waals surface area contributed by atoms with Crippen molar-refractivity contribution in [2.75, 3.05) is 18.5 Å². The molecule has 5 nitrogen and oxygen atoms in total. The highest BCUT2D eigenvalue weighted by Crippen LogP contribution is 2.31. The molecule has 1 aromatic carbocycles. The number of phenols is 1. The molecule has 1 fully saturated rings. The molecular weight excluding hydrogens is 232 g/mol. The average Bonchev–Trinajstić information content (AvgIpc) is 2.39. The molecule has 1 amide bonds. The van der Waals surface area contributed by atoms with Crippen molar-refractivity contribution < 1.29 is 14.6 Å². The van der Waals surface area contributed by atoms with Gasteiger partial charge in [0.05, 0.1) is 6.07 Å². The molecule has 0 bridgehead atoms. The number of ether oxygens (including phenoxy) is 1. The highest BCUT2D eigenvalue weighted by atomic mass is 16.5. The zero-order chi connectivity index (χ0) is 13.0. The number of nitriles is 1. The van der Waals surface area contributed by atoms with Crippen LogP contribution in [0.2, 0.25) is 0 Å². The molecule has 0 unspecified atom stereocenters. The Kier molecular flexibility index (Phi) is 3.49. The first-order valence-corrected chi connectivity index (χ1v) is 5.76. The van der Waals surface area contributed by atoms with Gasteiger partial charge in [0, 0.05) is 25.0 Å². The van der Waals surface area contributed by atoms with Crippen LogP contribution in [0.25, 0.3) is 0 Å². The van der Waals surface area contributed by atoms with Crippen molar-refractivity contribution in [3.8, 4) is 11.8 Å². The number of anilines is 1. The Balaban J connectivity index is 2.13. The van der Waals surface area contributed by atoms with Gasteiger partial charge in [-0.05, 0) is 25.0 Å². The first-order valence-electron chi connectivity index (χ1n) is 5.76. The zero-order valence-electron chi connectivity index (χ0n) is 9.85. The molecule has 0 radical (unpaired) electrons. The summed E-state index contributed by atoms with van der Waals surface area (Å²) >= 11 is 0. The summed E-state index contributed by atoms with van der Waals surface area (Å²) in [6.45, 7) is 0.835. The molecule has 0 aromatic heterocycles. The minimum Gasteiger partial charge on any atom is -0.508 e. The maximum absolute atomic E-state index is 12.2. The van der Waals surface area contributed by atoms with E-state index >= 15 is 0 Å². The minimum absolute atomic E-state index is 0.0748. The topological polar surface area (TPSA) is 82.4 Å². The van der Waals surface area contributed by atoms with Crippen molar-refractivity contribution in [3.05, 3.63) is 24.3 Å². The van der Waals surface area contributed by atoms with Crippen LogP contribution in [-0.4, -0.2) is 24.2 Å². The second-order valence-electron chi connectivity index (χ2n) is 4.31. The Morgan fingerprint density at radius 2 is 2.17 bits per heavy atom.